The number of amides is 1. The number of carbonyl (C=O) groups is 1. The second kappa shape index (κ2) is 7.73. The molecule has 1 amide bonds. The van der Waals surface area contributed by atoms with E-state index >= 15 is 0 Å². The molecular weight excluding hydrogens is 324 g/mol. The lowest BCUT2D eigenvalue weighted by atomic mass is 9.96. The van der Waals surface area contributed by atoms with Gasteiger partial charge in [0.15, 0.2) is 0 Å². The Labute approximate surface area is 147 Å². The number of hydrogen-bond donors (Lipinski definition) is 1. The summed E-state index contributed by atoms with van der Waals surface area (Å²) in [5.74, 6) is 0.537. The number of likely N-dealkylation sites (tertiary alicyclic amines) is 1. The molecule has 6 heteroatoms. The first-order chi connectivity index (χ1) is 11.6. The Hall–Kier alpha value is -1.98. The van der Waals surface area contributed by atoms with Gasteiger partial charge in [-0.2, -0.15) is 0 Å². The summed E-state index contributed by atoms with van der Waals surface area (Å²) < 4.78 is 0. The zero-order valence-corrected chi connectivity index (χ0v) is 14.5. The van der Waals surface area contributed by atoms with Crippen molar-refractivity contribution in [1.82, 2.24) is 14.9 Å². The lowest BCUT2D eigenvalue weighted by Crippen LogP contribution is -2.40. The summed E-state index contributed by atoms with van der Waals surface area (Å²) >= 11 is 5.82. The molecule has 24 heavy (non-hydrogen) atoms. The van der Waals surface area contributed by atoms with Crippen molar-refractivity contribution in [3.8, 4) is 0 Å². The van der Waals surface area contributed by atoms with E-state index in [9.17, 15) is 4.79 Å². The lowest BCUT2D eigenvalue weighted by Gasteiger charge is -2.31. The third kappa shape index (κ3) is 4.30. The highest BCUT2D eigenvalue weighted by Crippen LogP contribution is 2.20. The third-order valence-corrected chi connectivity index (χ3v) is 4.57. The summed E-state index contributed by atoms with van der Waals surface area (Å²) in [5, 5.41) is 3.44. The predicted molar refractivity (Wildman–Crippen MR) is 94.9 cm³/mol. The summed E-state index contributed by atoms with van der Waals surface area (Å²) in [5.41, 5.74) is 2.27. The molecule has 0 saturated carbocycles. The van der Waals surface area contributed by atoms with Crippen molar-refractivity contribution in [1.29, 1.82) is 0 Å². The van der Waals surface area contributed by atoms with Crippen LogP contribution in [0.5, 0.6) is 0 Å². The normalized spacial score (nSPS) is 18.3. The molecule has 1 aliphatic heterocycles. The highest BCUT2D eigenvalue weighted by Gasteiger charge is 2.26. The molecule has 5 nitrogen and oxygen atoms in total. The van der Waals surface area contributed by atoms with Crippen molar-refractivity contribution in [2.75, 3.05) is 18.4 Å². The van der Waals surface area contributed by atoms with Gasteiger partial charge < -0.3 is 5.32 Å². The maximum Gasteiger partial charge on any atom is 0.229 e. The van der Waals surface area contributed by atoms with Crippen LogP contribution in [0.25, 0.3) is 0 Å². The maximum atomic E-state index is 12.5. The Morgan fingerprint density at radius 3 is 3.00 bits per heavy atom. The number of hydrogen-bond acceptors (Lipinski definition) is 4. The lowest BCUT2D eigenvalue weighted by molar-refractivity contribution is -0.121. The van der Waals surface area contributed by atoms with Gasteiger partial charge in [-0.15, -0.1) is 0 Å². The van der Waals surface area contributed by atoms with Gasteiger partial charge in [0.1, 0.15) is 5.82 Å². The minimum atomic E-state index is -0.0275. The molecule has 1 N–H and O–H groups in total. The summed E-state index contributed by atoms with van der Waals surface area (Å²) in [7, 11) is 0. The van der Waals surface area contributed by atoms with Gasteiger partial charge >= 0.3 is 0 Å². The number of aryl methyl sites for hydroxylation is 1. The number of nitrogens with zero attached hydrogens (tertiary/aromatic N) is 3. The van der Waals surface area contributed by atoms with E-state index in [1.807, 2.05) is 12.3 Å². The molecule has 2 aromatic heterocycles. The van der Waals surface area contributed by atoms with Crippen LogP contribution in [0, 0.1) is 12.8 Å². The predicted octanol–water partition coefficient (Wildman–Crippen LogP) is 3.29. The first-order valence-corrected chi connectivity index (χ1v) is 8.55. The number of aromatic nitrogens is 2. The molecule has 0 spiro atoms. The monoisotopic (exact) mass is 344 g/mol. The number of rotatable bonds is 4. The molecule has 3 rings (SSSR count). The fourth-order valence-electron chi connectivity index (χ4n) is 2.99. The fraction of sp³-hybridized carbons (Fsp3) is 0.389. The molecule has 126 valence electrons. The highest BCUT2D eigenvalue weighted by molar-refractivity contribution is 6.30. The van der Waals surface area contributed by atoms with Crippen LogP contribution < -0.4 is 5.32 Å². The van der Waals surface area contributed by atoms with Gasteiger partial charge in [0.2, 0.25) is 5.91 Å². The number of carbonyl (C=O) groups excluding carboxylic acids is 1. The SMILES string of the molecule is Cc1cccnc1CN1CCCC(C(=O)Nc2ccc(Cl)cn2)C1. The molecule has 1 unspecified atom stereocenters. The largest absolute Gasteiger partial charge is 0.310 e. The second-order valence-corrected chi connectivity index (χ2v) is 6.63. The van der Waals surface area contributed by atoms with E-state index in [-0.39, 0.29) is 11.8 Å². The smallest absolute Gasteiger partial charge is 0.229 e. The van der Waals surface area contributed by atoms with Crippen LogP contribution in [0.2, 0.25) is 5.02 Å². The number of halogens is 1. The molecule has 0 radical (unpaired) electrons. The van der Waals surface area contributed by atoms with Gasteiger partial charge in [-0.3, -0.25) is 14.7 Å². The first-order valence-electron chi connectivity index (χ1n) is 8.17. The van der Waals surface area contributed by atoms with Crippen LogP contribution in [0.15, 0.2) is 36.7 Å². The fourth-order valence-corrected chi connectivity index (χ4v) is 3.10. The van der Waals surface area contributed by atoms with E-state index in [2.05, 4.69) is 33.2 Å². The van der Waals surface area contributed by atoms with E-state index in [4.69, 9.17) is 11.6 Å². The van der Waals surface area contributed by atoms with E-state index in [0.29, 0.717) is 10.8 Å². The second-order valence-electron chi connectivity index (χ2n) is 6.19. The van der Waals surface area contributed by atoms with Crippen molar-refractivity contribution >= 4 is 23.3 Å². The van der Waals surface area contributed by atoms with Gasteiger partial charge in [-0.1, -0.05) is 17.7 Å². The number of anilines is 1. The Balaban J connectivity index is 1.59. The van der Waals surface area contributed by atoms with Crippen molar-refractivity contribution in [2.24, 2.45) is 5.92 Å². The van der Waals surface area contributed by atoms with Crippen molar-refractivity contribution in [2.45, 2.75) is 26.3 Å². The molecule has 0 aliphatic carbocycles. The van der Waals surface area contributed by atoms with Crippen molar-refractivity contribution in [3.05, 3.63) is 52.9 Å². The standard InChI is InChI=1S/C18H21ClN4O/c1-13-4-2-8-20-16(13)12-23-9-3-5-14(11-23)18(24)22-17-7-6-15(19)10-21-17/h2,4,6-8,10,14H,3,5,9,11-12H2,1H3,(H,21,22,24). The summed E-state index contributed by atoms with van der Waals surface area (Å²) in [6, 6.07) is 7.46. The molecule has 0 bridgehead atoms. The first kappa shape index (κ1) is 16.9. The average Bonchev–Trinajstić information content (AvgIpc) is 2.59. The average molecular weight is 345 g/mol. The van der Waals surface area contributed by atoms with Gasteiger partial charge in [-0.05, 0) is 50.1 Å². The van der Waals surface area contributed by atoms with Crippen molar-refractivity contribution in [3.63, 3.8) is 0 Å². The van der Waals surface area contributed by atoms with Gasteiger partial charge in [0, 0.05) is 25.5 Å². The zero-order valence-electron chi connectivity index (χ0n) is 13.7. The van der Waals surface area contributed by atoms with Crippen LogP contribution in [0.1, 0.15) is 24.1 Å². The van der Waals surface area contributed by atoms with Crippen LogP contribution in [-0.4, -0.2) is 33.9 Å². The molecule has 0 aromatic carbocycles. The van der Waals surface area contributed by atoms with Crippen LogP contribution in [0.3, 0.4) is 0 Å². The third-order valence-electron chi connectivity index (χ3n) is 4.35. The Morgan fingerprint density at radius 1 is 1.38 bits per heavy atom. The summed E-state index contributed by atoms with van der Waals surface area (Å²) in [6.45, 7) is 4.60. The number of nitrogens with one attached hydrogen (secondary N) is 1. The maximum absolute atomic E-state index is 12.5. The summed E-state index contributed by atoms with van der Waals surface area (Å²) in [4.78, 5) is 23.4. The molecule has 1 atom stereocenters. The Bertz CT molecular complexity index is 704. The van der Waals surface area contributed by atoms with E-state index in [0.717, 1.165) is 38.2 Å². The van der Waals surface area contributed by atoms with Crippen LogP contribution in [0.4, 0.5) is 5.82 Å². The number of piperidine rings is 1. The molecule has 1 saturated heterocycles. The summed E-state index contributed by atoms with van der Waals surface area (Å²) in [6.07, 6.45) is 5.27. The zero-order chi connectivity index (χ0) is 16.9. The Morgan fingerprint density at radius 2 is 2.25 bits per heavy atom. The van der Waals surface area contributed by atoms with Gasteiger partial charge in [-0.25, -0.2) is 4.98 Å². The minimum absolute atomic E-state index is 0.0206. The van der Waals surface area contributed by atoms with Crippen molar-refractivity contribution < 1.29 is 4.79 Å². The Kier molecular flexibility index (Phi) is 5.43. The van der Waals surface area contributed by atoms with E-state index < -0.39 is 0 Å². The number of pyridine rings is 2. The van der Waals surface area contributed by atoms with E-state index in [1.165, 1.54) is 11.8 Å². The highest BCUT2D eigenvalue weighted by atomic mass is 35.5. The topological polar surface area (TPSA) is 58.1 Å². The molecule has 1 fully saturated rings. The van der Waals surface area contributed by atoms with Crippen LogP contribution in [-0.2, 0) is 11.3 Å². The molecule has 3 heterocycles. The van der Waals surface area contributed by atoms with Crippen LogP contribution >= 0.6 is 11.6 Å². The van der Waals surface area contributed by atoms with E-state index in [1.54, 1.807) is 12.1 Å². The van der Waals surface area contributed by atoms with Gasteiger partial charge in [0.05, 0.1) is 16.6 Å². The molecular formula is C18H21ClN4O. The molecule has 1 aliphatic rings. The minimum Gasteiger partial charge on any atom is -0.310 e. The van der Waals surface area contributed by atoms with Gasteiger partial charge in [0.25, 0.3) is 0 Å². The quantitative estimate of drug-likeness (QED) is 0.924. The molecule has 2 aromatic rings.